The van der Waals surface area contributed by atoms with Crippen LogP contribution in [0.5, 0.6) is 0 Å². The summed E-state index contributed by atoms with van der Waals surface area (Å²) in [5.74, 6) is 0.153. The van der Waals surface area contributed by atoms with Crippen molar-refractivity contribution in [2.45, 2.75) is 12.8 Å². The highest BCUT2D eigenvalue weighted by atomic mass is 19.1. The van der Waals surface area contributed by atoms with E-state index in [4.69, 9.17) is 0 Å². The van der Waals surface area contributed by atoms with Gasteiger partial charge in [-0.05, 0) is 30.9 Å². The van der Waals surface area contributed by atoms with E-state index in [0.29, 0.717) is 18.8 Å². The number of H-pyrrole nitrogens is 1. The molecule has 1 aromatic heterocycles. The van der Waals surface area contributed by atoms with Crippen LogP contribution in [0.25, 0.3) is 10.9 Å². The zero-order valence-electron chi connectivity index (χ0n) is 10.7. The van der Waals surface area contributed by atoms with Crippen LogP contribution >= 0.6 is 0 Å². The van der Waals surface area contributed by atoms with Gasteiger partial charge in [-0.15, -0.1) is 0 Å². The molecule has 3 rings (SSSR count). The number of carbonyl (C=O) groups is 1. The minimum Gasteiger partial charge on any atom is -0.351 e. The second-order valence-corrected chi connectivity index (χ2v) is 5.16. The number of benzene rings is 1. The van der Waals surface area contributed by atoms with Gasteiger partial charge in [0.1, 0.15) is 5.69 Å². The molecule has 1 N–H and O–H groups in total. The third-order valence-corrected chi connectivity index (χ3v) is 3.88. The molecule has 0 atom stereocenters. The zero-order chi connectivity index (χ0) is 13.2. The predicted molar refractivity (Wildman–Crippen MR) is 72.9 cm³/mol. The molecule has 2 aromatic rings. The minimum atomic E-state index is -0.269. The van der Waals surface area contributed by atoms with Gasteiger partial charge in [-0.1, -0.05) is 18.2 Å². The van der Waals surface area contributed by atoms with Crippen molar-refractivity contribution in [3.8, 4) is 0 Å². The summed E-state index contributed by atoms with van der Waals surface area (Å²) < 4.78 is 12.6. The molecule has 0 unspecified atom stereocenters. The number of aromatic nitrogens is 1. The molecule has 1 aromatic carbocycles. The number of carbonyl (C=O) groups excluding carboxylic acids is 1. The Morgan fingerprint density at radius 2 is 2.05 bits per heavy atom. The first kappa shape index (κ1) is 12.2. The van der Waals surface area contributed by atoms with Gasteiger partial charge in [-0.2, -0.15) is 0 Å². The van der Waals surface area contributed by atoms with Gasteiger partial charge < -0.3 is 9.88 Å². The summed E-state index contributed by atoms with van der Waals surface area (Å²) in [6.45, 7) is 1.04. The van der Waals surface area contributed by atoms with Gasteiger partial charge in [-0.25, -0.2) is 0 Å². The molecule has 1 aliphatic heterocycles. The van der Waals surface area contributed by atoms with Gasteiger partial charge in [0, 0.05) is 24.0 Å². The lowest BCUT2D eigenvalue weighted by Crippen LogP contribution is -2.39. The van der Waals surface area contributed by atoms with Crippen molar-refractivity contribution in [1.29, 1.82) is 0 Å². The molecule has 4 heteroatoms. The SMILES string of the molecule is O=C(c1cc2ccccc2[nH]1)N1CCC(CF)CC1. The summed E-state index contributed by atoms with van der Waals surface area (Å²) >= 11 is 0. The molecule has 1 fully saturated rings. The Balaban J connectivity index is 1.77. The van der Waals surface area contributed by atoms with Crippen LogP contribution in [-0.2, 0) is 0 Å². The van der Waals surface area contributed by atoms with Crippen molar-refractivity contribution >= 4 is 16.8 Å². The average molecular weight is 260 g/mol. The molecule has 0 aliphatic carbocycles. The monoisotopic (exact) mass is 260 g/mol. The van der Waals surface area contributed by atoms with Gasteiger partial charge in [0.05, 0.1) is 6.67 Å². The number of fused-ring (bicyclic) bond motifs is 1. The fourth-order valence-corrected chi connectivity index (χ4v) is 2.65. The number of alkyl halides is 1. The van der Waals surface area contributed by atoms with Gasteiger partial charge in [0.25, 0.3) is 5.91 Å². The summed E-state index contributed by atoms with van der Waals surface area (Å²) in [6.07, 6.45) is 1.53. The fourth-order valence-electron chi connectivity index (χ4n) is 2.65. The largest absolute Gasteiger partial charge is 0.351 e. The number of amides is 1. The molecule has 0 radical (unpaired) electrons. The van der Waals surface area contributed by atoms with Crippen LogP contribution in [0.1, 0.15) is 23.3 Å². The van der Waals surface area contributed by atoms with Crippen LogP contribution in [0.3, 0.4) is 0 Å². The molecule has 0 spiro atoms. The molecule has 3 nitrogen and oxygen atoms in total. The molecule has 1 saturated heterocycles. The van der Waals surface area contributed by atoms with E-state index in [-0.39, 0.29) is 18.5 Å². The van der Waals surface area contributed by atoms with Crippen LogP contribution in [0.4, 0.5) is 4.39 Å². The molecular formula is C15H17FN2O. The Morgan fingerprint density at radius 1 is 1.32 bits per heavy atom. The first-order valence-electron chi connectivity index (χ1n) is 6.71. The maximum absolute atomic E-state index is 12.6. The van der Waals surface area contributed by atoms with Gasteiger partial charge >= 0.3 is 0 Å². The van der Waals surface area contributed by atoms with Crippen molar-refractivity contribution in [2.24, 2.45) is 5.92 Å². The number of piperidine rings is 1. The second kappa shape index (κ2) is 5.03. The van der Waals surface area contributed by atoms with E-state index in [1.54, 1.807) is 0 Å². The molecule has 2 heterocycles. The fraction of sp³-hybridized carbons (Fsp3) is 0.400. The molecule has 19 heavy (non-hydrogen) atoms. The van der Waals surface area contributed by atoms with Crippen LogP contribution < -0.4 is 0 Å². The number of hydrogen-bond acceptors (Lipinski definition) is 1. The summed E-state index contributed by atoms with van der Waals surface area (Å²) in [4.78, 5) is 17.3. The lowest BCUT2D eigenvalue weighted by Gasteiger charge is -2.30. The average Bonchev–Trinajstić information content (AvgIpc) is 2.90. The van der Waals surface area contributed by atoms with Crippen LogP contribution in [-0.4, -0.2) is 35.6 Å². The van der Waals surface area contributed by atoms with E-state index >= 15 is 0 Å². The Morgan fingerprint density at radius 3 is 2.74 bits per heavy atom. The van der Waals surface area contributed by atoms with Crippen molar-refractivity contribution < 1.29 is 9.18 Å². The third kappa shape index (κ3) is 2.35. The van der Waals surface area contributed by atoms with Crippen molar-refractivity contribution in [1.82, 2.24) is 9.88 Å². The van der Waals surface area contributed by atoms with E-state index in [0.717, 1.165) is 23.7 Å². The Bertz CT molecular complexity index is 552. The molecular weight excluding hydrogens is 243 g/mol. The Kier molecular flexibility index (Phi) is 3.23. The number of likely N-dealkylation sites (tertiary alicyclic amines) is 1. The van der Waals surface area contributed by atoms with E-state index < -0.39 is 0 Å². The summed E-state index contributed by atoms with van der Waals surface area (Å²) in [6, 6.07) is 9.73. The quantitative estimate of drug-likeness (QED) is 0.885. The first-order valence-corrected chi connectivity index (χ1v) is 6.71. The normalized spacial score (nSPS) is 17.0. The maximum atomic E-state index is 12.6. The van der Waals surface area contributed by atoms with E-state index in [1.807, 2.05) is 35.2 Å². The van der Waals surface area contributed by atoms with E-state index in [2.05, 4.69) is 4.98 Å². The lowest BCUT2D eigenvalue weighted by atomic mass is 9.98. The molecule has 100 valence electrons. The van der Waals surface area contributed by atoms with E-state index in [9.17, 15) is 9.18 Å². The first-order chi connectivity index (χ1) is 9.28. The van der Waals surface area contributed by atoms with Gasteiger partial charge in [-0.3, -0.25) is 9.18 Å². The number of nitrogens with zero attached hydrogens (tertiary/aromatic N) is 1. The summed E-state index contributed by atoms with van der Waals surface area (Å²) in [7, 11) is 0. The smallest absolute Gasteiger partial charge is 0.270 e. The van der Waals surface area contributed by atoms with Gasteiger partial charge in [0.15, 0.2) is 0 Å². The topological polar surface area (TPSA) is 36.1 Å². The number of rotatable bonds is 2. The van der Waals surface area contributed by atoms with Crippen LogP contribution in [0.15, 0.2) is 30.3 Å². The van der Waals surface area contributed by atoms with Crippen LogP contribution in [0, 0.1) is 5.92 Å². The third-order valence-electron chi connectivity index (χ3n) is 3.88. The highest BCUT2D eigenvalue weighted by Gasteiger charge is 2.24. The zero-order valence-corrected chi connectivity index (χ0v) is 10.7. The molecule has 1 amide bonds. The predicted octanol–water partition coefficient (Wildman–Crippen LogP) is 2.99. The Labute approximate surface area is 111 Å². The summed E-state index contributed by atoms with van der Waals surface area (Å²) in [5.41, 5.74) is 1.60. The molecule has 1 aliphatic rings. The highest BCUT2D eigenvalue weighted by molar-refractivity contribution is 5.98. The van der Waals surface area contributed by atoms with Crippen LogP contribution in [0.2, 0.25) is 0 Å². The lowest BCUT2D eigenvalue weighted by molar-refractivity contribution is 0.0673. The van der Waals surface area contributed by atoms with Crippen molar-refractivity contribution in [2.75, 3.05) is 19.8 Å². The molecule has 0 saturated carbocycles. The Hall–Kier alpha value is -1.84. The van der Waals surface area contributed by atoms with Crippen molar-refractivity contribution in [3.63, 3.8) is 0 Å². The number of hydrogen-bond donors (Lipinski definition) is 1. The number of para-hydroxylation sites is 1. The van der Waals surface area contributed by atoms with Crippen molar-refractivity contribution in [3.05, 3.63) is 36.0 Å². The maximum Gasteiger partial charge on any atom is 0.270 e. The standard InChI is InChI=1S/C15H17FN2O/c16-10-11-5-7-18(8-6-11)15(19)14-9-12-3-1-2-4-13(12)17-14/h1-4,9,11,17H,5-8,10H2. The highest BCUT2D eigenvalue weighted by Crippen LogP contribution is 2.21. The number of aromatic amines is 1. The second-order valence-electron chi connectivity index (χ2n) is 5.16. The minimum absolute atomic E-state index is 0.0218. The van der Waals surface area contributed by atoms with E-state index in [1.165, 1.54) is 0 Å². The molecule has 0 bridgehead atoms. The van der Waals surface area contributed by atoms with Gasteiger partial charge in [0.2, 0.25) is 0 Å². The number of halogens is 1. The summed E-state index contributed by atoms with van der Waals surface area (Å²) in [5, 5.41) is 1.05. The number of nitrogens with one attached hydrogen (secondary N) is 1.